The third kappa shape index (κ3) is 4.19. The fourth-order valence-corrected chi connectivity index (χ4v) is 2.17. The summed E-state index contributed by atoms with van der Waals surface area (Å²) in [7, 11) is -0.387. The highest BCUT2D eigenvalue weighted by atomic mass is 32.2. The highest BCUT2D eigenvalue weighted by Crippen LogP contribution is 2.19. The Bertz CT molecular complexity index is 507. The van der Waals surface area contributed by atoms with Gasteiger partial charge in [-0.25, -0.2) is 12.7 Å². The molecule has 1 aromatic carbocycles. The predicted octanol–water partition coefficient (Wildman–Crippen LogP) is 1.44. The standard InChI is InChI=1S/C13H22N2O3S/c1-5-13(2,14)10-18-11-6-8-12(9-7-11)19(16,17)15(3)4/h6-9H,5,10,14H2,1-4H3. The van der Waals surface area contributed by atoms with E-state index >= 15 is 0 Å². The summed E-state index contributed by atoms with van der Waals surface area (Å²) in [5, 5.41) is 0. The van der Waals surface area contributed by atoms with Crippen molar-refractivity contribution in [3.05, 3.63) is 24.3 Å². The molecule has 1 atom stereocenters. The Kier molecular flexibility index (Phi) is 4.95. The van der Waals surface area contributed by atoms with Gasteiger partial charge in [-0.15, -0.1) is 0 Å². The Morgan fingerprint density at radius 1 is 1.26 bits per heavy atom. The average molecular weight is 286 g/mol. The fraction of sp³-hybridized carbons (Fsp3) is 0.538. The summed E-state index contributed by atoms with van der Waals surface area (Å²) in [6, 6.07) is 6.35. The van der Waals surface area contributed by atoms with Crippen molar-refractivity contribution in [3.63, 3.8) is 0 Å². The molecule has 0 aliphatic heterocycles. The van der Waals surface area contributed by atoms with Gasteiger partial charge < -0.3 is 10.5 Å². The van der Waals surface area contributed by atoms with Crippen LogP contribution in [0.1, 0.15) is 20.3 Å². The minimum Gasteiger partial charge on any atom is -0.492 e. The van der Waals surface area contributed by atoms with Crippen LogP contribution >= 0.6 is 0 Å². The molecule has 0 heterocycles. The van der Waals surface area contributed by atoms with E-state index < -0.39 is 10.0 Å². The van der Waals surface area contributed by atoms with Crippen molar-refractivity contribution in [2.24, 2.45) is 5.73 Å². The van der Waals surface area contributed by atoms with Gasteiger partial charge in [-0.05, 0) is 37.6 Å². The topological polar surface area (TPSA) is 72.6 Å². The highest BCUT2D eigenvalue weighted by Gasteiger charge is 2.18. The molecule has 1 aromatic rings. The molecule has 6 heteroatoms. The molecule has 0 aliphatic carbocycles. The summed E-state index contributed by atoms with van der Waals surface area (Å²) in [6.45, 7) is 4.30. The number of nitrogens with zero attached hydrogens (tertiary/aromatic N) is 1. The molecule has 1 rings (SSSR count). The van der Waals surface area contributed by atoms with Crippen molar-refractivity contribution >= 4 is 10.0 Å². The molecule has 0 saturated heterocycles. The van der Waals surface area contributed by atoms with E-state index in [1.54, 1.807) is 12.1 Å². The average Bonchev–Trinajstić information content (AvgIpc) is 2.37. The molecule has 2 N–H and O–H groups in total. The van der Waals surface area contributed by atoms with Crippen molar-refractivity contribution in [1.82, 2.24) is 4.31 Å². The second kappa shape index (κ2) is 5.90. The van der Waals surface area contributed by atoms with Gasteiger partial charge in [-0.1, -0.05) is 6.92 Å². The third-order valence-electron chi connectivity index (χ3n) is 2.98. The van der Waals surface area contributed by atoms with Crippen LogP contribution in [0.25, 0.3) is 0 Å². The molecule has 1 unspecified atom stereocenters. The Balaban J connectivity index is 2.78. The maximum atomic E-state index is 11.9. The van der Waals surface area contributed by atoms with Gasteiger partial charge in [0.15, 0.2) is 0 Å². The second-order valence-electron chi connectivity index (χ2n) is 5.06. The van der Waals surface area contributed by atoms with Gasteiger partial charge in [0, 0.05) is 19.6 Å². The Morgan fingerprint density at radius 2 is 1.79 bits per heavy atom. The van der Waals surface area contributed by atoms with Gasteiger partial charge in [0.2, 0.25) is 10.0 Å². The van der Waals surface area contributed by atoms with Gasteiger partial charge in [-0.3, -0.25) is 0 Å². The van der Waals surface area contributed by atoms with Crippen LogP contribution in [0, 0.1) is 0 Å². The Labute approximate surface area is 115 Å². The lowest BCUT2D eigenvalue weighted by Gasteiger charge is -2.22. The predicted molar refractivity (Wildman–Crippen MR) is 75.7 cm³/mol. The first-order valence-corrected chi connectivity index (χ1v) is 7.57. The minimum atomic E-state index is -3.39. The summed E-state index contributed by atoms with van der Waals surface area (Å²) >= 11 is 0. The lowest BCUT2D eigenvalue weighted by atomic mass is 10.0. The first-order chi connectivity index (χ1) is 8.69. The van der Waals surface area contributed by atoms with E-state index in [9.17, 15) is 8.42 Å². The molecule has 0 spiro atoms. The van der Waals surface area contributed by atoms with E-state index in [1.807, 2.05) is 13.8 Å². The van der Waals surface area contributed by atoms with Gasteiger partial charge in [0.1, 0.15) is 12.4 Å². The normalized spacial score (nSPS) is 15.3. The zero-order valence-corrected chi connectivity index (χ0v) is 12.7. The molecular formula is C13H22N2O3S. The molecule has 0 bridgehead atoms. The van der Waals surface area contributed by atoms with Crippen LogP contribution in [0.3, 0.4) is 0 Å². The molecule has 19 heavy (non-hydrogen) atoms. The van der Waals surface area contributed by atoms with Crippen LogP contribution in [0.4, 0.5) is 0 Å². The van der Waals surface area contributed by atoms with Gasteiger partial charge >= 0.3 is 0 Å². The number of hydrogen-bond donors (Lipinski definition) is 1. The van der Waals surface area contributed by atoms with Gasteiger partial charge in [0.25, 0.3) is 0 Å². The quantitative estimate of drug-likeness (QED) is 0.859. The van der Waals surface area contributed by atoms with E-state index in [0.29, 0.717) is 12.4 Å². The summed E-state index contributed by atoms with van der Waals surface area (Å²) in [6.07, 6.45) is 0.806. The van der Waals surface area contributed by atoms with Crippen molar-refractivity contribution in [1.29, 1.82) is 0 Å². The first kappa shape index (κ1) is 15.9. The van der Waals surface area contributed by atoms with Crippen LogP contribution in [0.2, 0.25) is 0 Å². The molecular weight excluding hydrogens is 264 g/mol. The summed E-state index contributed by atoms with van der Waals surface area (Å²) in [5.74, 6) is 0.614. The smallest absolute Gasteiger partial charge is 0.242 e. The van der Waals surface area contributed by atoms with E-state index in [-0.39, 0.29) is 10.4 Å². The first-order valence-electron chi connectivity index (χ1n) is 6.13. The molecule has 0 fully saturated rings. The van der Waals surface area contributed by atoms with E-state index in [4.69, 9.17) is 10.5 Å². The Morgan fingerprint density at radius 3 is 2.21 bits per heavy atom. The molecule has 0 radical (unpaired) electrons. The lowest BCUT2D eigenvalue weighted by molar-refractivity contribution is 0.226. The Hall–Kier alpha value is -1.11. The molecule has 0 aliphatic rings. The van der Waals surface area contributed by atoms with E-state index in [1.165, 1.54) is 30.5 Å². The number of benzene rings is 1. The van der Waals surface area contributed by atoms with Crippen molar-refractivity contribution in [2.45, 2.75) is 30.7 Å². The van der Waals surface area contributed by atoms with Crippen LogP contribution in [-0.2, 0) is 10.0 Å². The number of nitrogens with two attached hydrogens (primary N) is 1. The summed E-state index contributed by atoms with van der Waals surface area (Å²) in [4.78, 5) is 0.246. The van der Waals surface area contributed by atoms with Crippen LogP contribution in [0.5, 0.6) is 5.75 Å². The molecule has 0 saturated carbocycles. The van der Waals surface area contributed by atoms with Crippen LogP contribution in [0.15, 0.2) is 29.2 Å². The largest absolute Gasteiger partial charge is 0.492 e. The van der Waals surface area contributed by atoms with Crippen molar-refractivity contribution < 1.29 is 13.2 Å². The van der Waals surface area contributed by atoms with Crippen molar-refractivity contribution in [2.75, 3.05) is 20.7 Å². The fourth-order valence-electron chi connectivity index (χ4n) is 1.27. The monoisotopic (exact) mass is 286 g/mol. The maximum Gasteiger partial charge on any atom is 0.242 e. The minimum absolute atomic E-state index is 0.246. The van der Waals surface area contributed by atoms with Crippen LogP contribution in [-0.4, -0.2) is 39.0 Å². The summed E-state index contributed by atoms with van der Waals surface area (Å²) in [5.41, 5.74) is 5.59. The molecule has 108 valence electrons. The SMILES string of the molecule is CCC(C)(N)COc1ccc(S(=O)(=O)N(C)C)cc1. The number of rotatable bonds is 6. The number of hydrogen-bond acceptors (Lipinski definition) is 4. The highest BCUT2D eigenvalue weighted by molar-refractivity contribution is 7.89. The molecule has 5 nitrogen and oxygen atoms in total. The molecule has 0 aromatic heterocycles. The lowest BCUT2D eigenvalue weighted by Crippen LogP contribution is -2.41. The zero-order chi connectivity index (χ0) is 14.7. The van der Waals surface area contributed by atoms with E-state index in [2.05, 4.69) is 0 Å². The number of ether oxygens (including phenoxy) is 1. The summed E-state index contributed by atoms with van der Waals surface area (Å²) < 4.78 is 30.5. The molecule has 0 amide bonds. The second-order valence-corrected chi connectivity index (χ2v) is 7.21. The number of sulfonamides is 1. The van der Waals surface area contributed by atoms with E-state index in [0.717, 1.165) is 6.42 Å². The van der Waals surface area contributed by atoms with Crippen LogP contribution < -0.4 is 10.5 Å². The van der Waals surface area contributed by atoms with Crippen molar-refractivity contribution in [3.8, 4) is 5.75 Å². The van der Waals surface area contributed by atoms with Gasteiger partial charge in [-0.2, -0.15) is 0 Å². The third-order valence-corrected chi connectivity index (χ3v) is 4.81. The maximum absolute atomic E-state index is 11.9. The zero-order valence-electron chi connectivity index (χ0n) is 11.9. The van der Waals surface area contributed by atoms with Gasteiger partial charge in [0.05, 0.1) is 4.90 Å².